The van der Waals surface area contributed by atoms with Gasteiger partial charge in [0.25, 0.3) is 0 Å². The normalized spacial score (nSPS) is 14.9. The molecule has 0 N–H and O–H groups in total. The molecule has 2 aliphatic heterocycles. The number of hydrogen-bond acceptors (Lipinski definition) is 2. The Morgan fingerprint density at radius 1 is 0.475 bits per heavy atom. The largest absolute Gasteiger partial charge is 0.310 e. The molecular weight excluding hydrogens is 502 g/mol. The van der Waals surface area contributed by atoms with Gasteiger partial charge in [0, 0.05) is 15.5 Å². The van der Waals surface area contributed by atoms with Crippen molar-refractivity contribution >= 4 is 28.8 Å². The van der Waals surface area contributed by atoms with Crippen LogP contribution in [0.4, 0.5) is 17.1 Å². The van der Waals surface area contributed by atoms with Crippen molar-refractivity contribution in [3.63, 3.8) is 0 Å². The lowest BCUT2D eigenvalue weighted by Gasteiger charge is -2.49. The molecule has 0 bridgehead atoms. The monoisotopic (exact) mass is 527 g/mol. The Hall–Kier alpha value is -4.53. The van der Waals surface area contributed by atoms with Crippen LogP contribution >= 0.6 is 11.8 Å². The molecule has 1 aliphatic carbocycles. The lowest BCUT2D eigenvalue weighted by atomic mass is 9.62. The standard InChI is InChI=1S/C38H25NS/c1-2-13-27(14-3-1)39-34-19-9-6-16-30(34)38(31-17-7-10-20-35(31)39)32-18-8-11-21-36(32)40-37-24-29-26(23-33(37)38)22-25-12-4-5-15-28(25)29/h1-21,23-24H,22H2. The molecule has 0 unspecified atom stereocenters. The molecule has 0 atom stereocenters. The summed E-state index contributed by atoms with van der Waals surface area (Å²) < 4.78 is 0. The first-order valence-electron chi connectivity index (χ1n) is 13.9. The van der Waals surface area contributed by atoms with E-state index in [-0.39, 0.29) is 0 Å². The summed E-state index contributed by atoms with van der Waals surface area (Å²) in [6.07, 6.45) is 0.987. The number of anilines is 3. The topological polar surface area (TPSA) is 3.24 Å². The van der Waals surface area contributed by atoms with Gasteiger partial charge in [-0.2, -0.15) is 0 Å². The van der Waals surface area contributed by atoms with Crippen molar-refractivity contribution in [3.05, 3.63) is 173 Å². The van der Waals surface area contributed by atoms with Gasteiger partial charge in [0.15, 0.2) is 0 Å². The van der Waals surface area contributed by atoms with Gasteiger partial charge in [-0.15, -0.1) is 0 Å². The molecule has 0 saturated heterocycles. The van der Waals surface area contributed by atoms with E-state index in [1.807, 2.05) is 11.8 Å². The van der Waals surface area contributed by atoms with E-state index in [1.54, 1.807) is 0 Å². The molecule has 0 amide bonds. The zero-order chi connectivity index (χ0) is 26.3. The molecule has 1 spiro atoms. The molecular formula is C38H25NS. The minimum absolute atomic E-state index is 0.417. The molecule has 2 heterocycles. The predicted octanol–water partition coefficient (Wildman–Crippen LogP) is 9.89. The maximum atomic E-state index is 2.54. The number of hydrogen-bond donors (Lipinski definition) is 0. The van der Waals surface area contributed by atoms with Gasteiger partial charge in [-0.1, -0.05) is 115 Å². The van der Waals surface area contributed by atoms with E-state index in [4.69, 9.17) is 0 Å². The van der Waals surface area contributed by atoms with Gasteiger partial charge in [-0.05, 0) is 87.3 Å². The zero-order valence-corrected chi connectivity index (χ0v) is 22.7. The van der Waals surface area contributed by atoms with Crippen molar-refractivity contribution in [1.82, 2.24) is 0 Å². The molecule has 188 valence electrons. The molecule has 1 nitrogen and oxygen atoms in total. The summed E-state index contributed by atoms with van der Waals surface area (Å²) in [5, 5.41) is 0. The van der Waals surface area contributed by atoms with Crippen LogP contribution in [-0.4, -0.2) is 0 Å². The predicted molar refractivity (Wildman–Crippen MR) is 165 cm³/mol. The number of fused-ring (bicyclic) bond motifs is 11. The Bertz CT molecular complexity index is 1920. The summed E-state index contributed by atoms with van der Waals surface area (Å²) in [4.78, 5) is 5.13. The summed E-state index contributed by atoms with van der Waals surface area (Å²) in [5.41, 5.74) is 14.3. The second-order valence-electron chi connectivity index (χ2n) is 10.9. The van der Waals surface area contributed by atoms with Crippen LogP contribution in [-0.2, 0) is 11.8 Å². The third-order valence-electron chi connectivity index (χ3n) is 8.92. The molecule has 40 heavy (non-hydrogen) atoms. The van der Waals surface area contributed by atoms with Gasteiger partial charge in [0.05, 0.1) is 16.8 Å². The van der Waals surface area contributed by atoms with Crippen LogP contribution in [0.25, 0.3) is 11.1 Å². The molecule has 0 fully saturated rings. The molecule has 6 aromatic rings. The maximum absolute atomic E-state index is 2.54. The van der Waals surface area contributed by atoms with E-state index < -0.39 is 5.41 Å². The number of nitrogens with zero attached hydrogens (tertiary/aromatic N) is 1. The van der Waals surface area contributed by atoms with E-state index >= 15 is 0 Å². The molecule has 0 aromatic heterocycles. The average molecular weight is 528 g/mol. The number of para-hydroxylation sites is 3. The van der Waals surface area contributed by atoms with Crippen molar-refractivity contribution in [2.75, 3.05) is 4.90 Å². The highest BCUT2D eigenvalue weighted by molar-refractivity contribution is 7.99. The summed E-state index contributed by atoms with van der Waals surface area (Å²) in [6.45, 7) is 0. The van der Waals surface area contributed by atoms with Gasteiger partial charge >= 0.3 is 0 Å². The van der Waals surface area contributed by atoms with Gasteiger partial charge in [-0.3, -0.25) is 0 Å². The maximum Gasteiger partial charge on any atom is 0.0764 e. The first kappa shape index (κ1) is 22.3. The first-order valence-corrected chi connectivity index (χ1v) is 14.7. The lowest BCUT2D eigenvalue weighted by Crippen LogP contribution is -2.39. The van der Waals surface area contributed by atoms with Gasteiger partial charge < -0.3 is 4.90 Å². The fourth-order valence-corrected chi connectivity index (χ4v) is 8.57. The lowest BCUT2D eigenvalue weighted by molar-refractivity contribution is 0.691. The van der Waals surface area contributed by atoms with E-state index in [9.17, 15) is 0 Å². The summed E-state index contributed by atoms with van der Waals surface area (Å²) in [7, 11) is 0. The number of benzene rings is 6. The van der Waals surface area contributed by atoms with Crippen molar-refractivity contribution in [1.29, 1.82) is 0 Å². The van der Waals surface area contributed by atoms with E-state index in [0.717, 1.165) is 6.42 Å². The Kier molecular flexibility index (Phi) is 4.59. The molecule has 0 saturated carbocycles. The molecule has 3 aliphatic rings. The minimum Gasteiger partial charge on any atom is -0.310 e. The Labute approximate surface area is 238 Å². The van der Waals surface area contributed by atoms with Crippen molar-refractivity contribution < 1.29 is 0 Å². The van der Waals surface area contributed by atoms with Crippen LogP contribution in [0.3, 0.4) is 0 Å². The van der Waals surface area contributed by atoms with Crippen LogP contribution in [0.2, 0.25) is 0 Å². The van der Waals surface area contributed by atoms with Gasteiger partial charge in [-0.25, -0.2) is 0 Å². The smallest absolute Gasteiger partial charge is 0.0764 e. The molecule has 9 rings (SSSR count). The SMILES string of the molecule is c1ccc(N2c3ccccc3C3(c4ccccc4Sc4cc5c(cc43)Cc3ccccc3-5)c3ccccc32)cc1. The summed E-state index contributed by atoms with van der Waals surface area (Å²) >= 11 is 1.92. The summed E-state index contributed by atoms with van der Waals surface area (Å²) in [5.74, 6) is 0. The van der Waals surface area contributed by atoms with E-state index in [2.05, 4.69) is 144 Å². The van der Waals surface area contributed by atoms with Crippen molar-refractivity contribution in [2.45, 2.75) is 21.6 Å². The minimum atomic E-state index is -0.417. The first-order chi connectivity index (χ1) is 19.8. The van der Waals surface area contributed by atoms with Crippen molar-refractivity contribution in [3.8, 4) is 11.1 Å². The van der Waals surface area contributed by atoms with Gasteiger partial charge in [0.2, 0.25) is 0 Å². The Morgan fingerprint density at radius 2 is 1.10 bits per heavy atom. The average Bonchev–Trinajstić information content (AvgIpc) is 3.38. The van der Waals surface area contributed by atoms with Crippen LogP contribution in [0.5, 0.6) is 0 Å². The number of rotatable bonds is 1. The fraction of sp³-hybridized carbons (Fsp3) is 0.0526. The van der Waals surface area contributed by atoms with Crippen LogP contribution in [0.1, 0.15) is 33.4 Å². The highest BCUT2D eigenvalue weighted by Crippen LogP contribution is 2.63. The Balaban J connectivity index is 1.42. The molecule has 0 radical (unpaired) electrons. The fourth-order valence-electron chi connectivity index (χ4n) is 7.35. The van der Waals surface area contributed by atoms with Crippen LogP contribution in [0.15, 0.2) is 149 Å². The highest BCUT2D eigenvalue weighted by atomic mass is 32.2. The second-order valence-corrected chi connectivity index (χ2v) is 12.0. The Morgan fingerprint density at radius 3 is 1.88 bits per heavy atom. The van der Waals surface area contributed by atoms with Gasteiger partial charge in [0.1, 0.15) is 0 Å². The summed E-state index contributed by atoms with van der Waals surface area (Å²) in [6, 6.07) is 51.9. The third kappa shape index (κ3) is 2.84. The molecule has 6 aromatic carbocycles. The van der Waals surface area contributed by atoms with E-state index in [0.29, 0.717) is 0 Å². The molecule has 2 heteroatoms. The zero-order valence-electron chi connectivity index (χ0n) is 21.8. The quantitative estimate of drug-likeness (QED) is 0.209. The van der Waals surface area contributed by atoms with Crippen molar-refractivity contribution in [2.24, 2.45) is 0 Å². The third-order valence-corrected chi connectivity index (χ3v) is 10.1. The second kappa shape index (κ2) is 8.24. The van der Waals surface area contributed by atoms with Crippen LogP contribution in [0, 0.1) is 0 Å². The highest BCUT2D eigenvalue weighted by Gasteiger charge is 2.50. The van der Waals surface area contributed by atoms with Crippen LogP contribution < -0.4 is 4.90 Å². The van der Waals surface area contributed by atoms with E-state index in [1.165, 1.54) is 71.4 Å².